The lowest BCUT2D eigenvalue weighted by molar-refractivity contribution is -0.304. The lowest BCUT2D eigenvalue weighted by Crippen LogP contribution is -2.47. The summed E-state index contributed by atoms with van der Waals surface area (Å²) in [5.41, 5.74) is -0.0101. The molecule has 0 aromatic rings. The summed E-state index contributed by atoms with van der Waals surface area (Å²) in [5, 5.41) is 0. The minimum atomic E-state index is -0.849. The topological polar surface area (TPSA) is 71.1 Å². The third kappa shape index (κ3) is 6.40. The van der Waals surface area contributed by atoms with Crippen molar-refractivity contribution < 1.29 is 28.5 Å². The first-order valence-electron chi connectivity index (χ1n) is 9.49. The number of ether oxygens (including phenoxy) is 4. The summed E-state index contributed by atoms with van der Waals surface area (Å²) < 4.78 is 22.6. The normalized spacial score (nSPS) is 27.4. The fraction of sp³-hybridized carbons (Fsp3) is 0.800. The van der Waals surface area contributed by atoms with Crippen molar-refractivity contribution in [1.29, 1.82) is 0 Å². The second-order valence-electron chi connectivity index (χ2n) is 8.18. The minimum absolute atomic E-state index is 0.113. The lowest BCUT2D eigenvalue weighted by atomic mass is 9.86. The molecule has 0 amide bonds. The van der Waals surface area contributed by atoms with Crippen LogP contribution in [0.2, 0.25) is 0 Å². The van der Waals surface area contributed by atoms with E-state index in [0.717, 1.165) is 25.7 Å². The van der Waals surface area contributed by atoms with Gasteiger partial charge < -0.3 is 18.9 Å². The molecule has 1 saturated heterocycles. The molecule has 0 aromatic carbocycles. The van der Waals surface area contributed by atoms with Gasteiger partial charge in [-0.15, -0.1) is 0 Å². The molecule has 0 aromatic heterocycles. The van der Waals surface area contributed by atoms with Gasteiger partial charge in [0, 0.05) is 12.0 Å². The molecule has 6 heteroatoms. The highest BCUT2D eigenvalue weighted by Crippen LogP contribution is 2.33. The molecule has 1 aliphatic heterocycles. The zero-order valence-electron chi connectivity index (χ0n) is 16.5. The Hall–Kier alpha value is -1.40. The first-order valence-corrected chi connectivity index (χ1v) is 9.49. The molecule has 0 bridgehead atoms. The Balaban J connectivity index is 1.87. The number of rotatable bonds is 6. The predicted molar refractivity (Wildman–Crippen MR) is 96.4 cm³/mol. The van der Waals surface area contributed by atoms with Crippen LogP contribution < -0.4 is 0 Å². The average molecular weight is 368 g/mol. The second-order valence-corrected chi connectivity index (χ2v) is 8.18. The third-order valence-electron chi connectivity index (χ3n) is 4.84. The maximum atomic E-state index is 12.4. The van der Waals surface area contributed by atoms with Gasteiger partial charge in [0.1, 0.15) is 12.2 Å². The molecule has 0 spiro atoms. The van der Waals surface area contributed by atoms with Crippen LogP contribution in [0.5, 0.6) is 0 Å². The summed E-state index contributed by atoms with van der Waals surface area (Å²) in [6, 6.07) is 0. The fourth-order valence-electron chi connectivity index (χ4n) is 3.64. The minimum Gasteiger partial charge on any atom is -0.460 e. The molecule has 6 nitrogen and oxygen atoms in total. The summed E-state index contributed by atoms with van der Waals surface area (Å²) >= 11 is 0. The smallest absolute Gasteiger partial charge is 0.333 e. The van der Waals surface area contributed by atoms with Gasteiger partial charge in [0.25, 0.3) is 0 Å². The van der Waals surface area contributed by atoms with Crippen LogP contribution in [-0.2, 0) is 28.5 Å². The van der Waals surface area contributed by atoms with Crippen LogP contribution in [-0.4, -0.2) is 42.1 Å². The van der Waals surface area contributed by atoms with Crippen LogP contribution in [0.25, 0.3) is 0 Å². The second kappa shape index (κ2) is 8.53. The van der Waals surface area contributed by atoms with Gasteiger partial charge >= 0.3 is 11.9 Å². The highest BCUT2D eigenvalue weighted by Gasteiger charge is 2.38. The highest BCUT2D eigenvalue weighted by atomic mass is 16.7. The summed E-state index contributed by atoms with van der Waals surface area (Å²) in [7, 11) is 0. The Bertz CT molecular complexity index is 532. The van der Waals surface area contributed by atoms with Crippen molar-refractivity contribution in [1.82, 2.24) is 0 Å². The van der Waals surface area contributed by atoms with E-state index in [4.69, 9.17) is 18.9 Å². The zero-order valence-corrected chi connectivity index (χ0v) is 16.5. The van der Waals surface area contributed by atoms with Crippen LogP contribution in [0.15, 0.2) is 12.2 Å². The van der Waals surface area contributed by atoms with E-state index in [-0.39, 0.29) is 36.8 Å². The van der Waals surface area contributed by atoms with Crippen molar-refractivity contribution in [3.05, 3.63) is 12.2 Å². The Labute approximate surface area is 156 Å². The summed E-state index contributed by atoms with van der Waals surface area (Å²) in [5.74, 6) is -1.54. The molecule has 2 rings (SSSR count). The molecule has 1 aliphatic carbocycles. The molecule has 26 heavy (non-hydrogen) atoms. The van der Waals surface area contributed by atoms with Gasteiger partial charge in [0.2, 0.25) is 0 Å². The molecule has 2 fully saturated rings. The van der Waals surface area contributed by atoms with Crippen molar-refractivity contribution in [2.24, 2.45) is 0 Å². The summed E-state index contributed by atoms with van der Waals surface area (Å²) in [6.45, 7) is 10.9. The Morgan fingerprint density at radius 2 is 1.69 bits per heavy atom. The van der Waals surface area contributed by atoms with E-state index in [2.05, 4.69) is 6.58 Å². The molecule has 148 valence electrons. The van der Waals surface area contributed by atoms with E-state index in [1.165, 1.54) is 6.42 Å². The molecule has 1 saturated carbocycles. The molecular weight excluding hydrogens is 336 g/mol. The van der Waals surface area contributed by atoms with Crippen molar-refractivity contribution in [2.45, 2.75) is 96.2 Å². The molecule has 2 aliphatic rings. The van der Waals surface area contributed by atoms with Crippen molar-refractivity contribution in [3.63, 3.8) is 0 Å². The van der Waals surface area contributed by atoms with E-state index in [9.17, 15) is 9.59 Å². The number of hydrogen-bond donors (Lipinski definition) is 0. The van der Waals surface area contributed by atoms with Gasteiger partial charge in [-0.2, -0.15) is 0 Å². The SMILES string of the molecule is C=C(C)C(=O)OCC1CC(CC(=O)OC2(C)CCCCC2)OC(C)(C)O1. The monoisotopic (exact) mass is 368 g/mol. The molecular formula is C20H32O6. The van der Waals surface area contributed by atoms with E-state index < -0.39 is 11.8 Å². The van der Waals surface area contributed by atoms with Crippen molar-refractivity contribution in [2.75, 3.05) is 6.61 Å². The van der Waals surface area contributed by atoms with Gasteiger partial charge in [-0.1, -0.05) is 13.0 Å². The first kappa shape index (κ1) is 20.9. The lowest BCUT2D eigenvalue weighted by Gasteiger charge is -2.40. The highest BCUT2D eigenvalue weighted by molar-refractivity contribution is 5.86. The van der Waals surface area contributed by atoms with Gasteiger partial charge in [-0.25, -0.2) is 4.79 Å². The quantitative estimate of drug-likeness (QED) is 0.526. The van der Waals surface area contributed by atoms with Crippen LogP contribution in [0.1, 0.15) is 72.6 Å². The van der Waals surface area contributed by atoms with Crippen LogP contribution in [0, 0.1) is 0 Å². The van der Waals surface area contributed by atoms with E-state index in [1.807, 2.05) is 6.92 Å². The van der Waals surface area contributed by atoms with E-state index in [1.54, 1.807) is 20.8 Å². The molecule has 0 N–H and O–H groups in total. The van der Waals surface area contributed by atoms with Gasteiger partial charge in [0.15, 0.2) is 5.79 Å². The van der Waals surface area contributed by atoms with Gasteiger partial charge in [0.05, 0.1) is 18.6 Å². The van der Waals surface area contributed by atoms with Crippen molar-refractivity contribution in [3.8, 4) is 0 Å². The van der Waals surface area contributed by atoms with Crippen LogP contribution in [0.3, 0.4) is 0 Å². The zero-order chi connectivity index (χ0) is 19.4. The largest absolute Gasteiger partial charge is 0.460 e. The molecule has 1 heterocycles. The average Bonchev–Trinajstić information content (AvgIpc) is 2.50. The third-order valence-corrected chi connectivity index (χ3v) is 4.84. The number of carbonyl (C=O) groups is 2. The number of carbonyl (C=O) groups excluding carboxylic acids is 2. The van der Waals surface area contributed by atoms with E-state index >= 15 is 0 Å². The van der Waals surface area contributed by atoms with Gasteiger partial charge in [-0.3, -0.25) is 4.79 Å². The number of hydrogen-bond acceptors (Lipinski definition) is 6. The van der Waals surface area contributed by atoms with Crippen LogP contribution >= 0.6 is 0 Å². The van der Waals surface area contributed by atoms with Gasteiger partial charge in [-0.05, 0) is 53.4 Å². The predicted octanol–water partition coefficient (Wildman–Crippen LogP) is 3.67. The Kier molecular flexibility index (Phi) is 6.86. The maximum Gasteiger partial charge on any atom is 0.333 e. The summed E-state index contributed by atoms with van der Waals surface area (Å²) in [4.78, 5) is 24.0. The van der Waals surface area contributed by atoms with Crippen LogP contribution in [0.4, 0.5) is 0 Å². The molecule has 0 radical (unpaired) electrons. The first-order chi connectivity index (χ1) is 12.1. The van der Waals surface area contributed by atoms with Crippen molar-refractivity contribution >= 4 is 11.9 Å². The standard InChI is InChI=1S/C20H32O6/c1-14(2)18(22)23-13-16-11-15(24-19(3,4)25-16)12-17(21)26-20(5)9-7-6-8-10-20/h15-16H,1,6-13H2,2-5H3. The summed E-state index contributed by atoms with van der Waals surface area (Å²) in [6.07, 6.45) is 5.22. The molecule has 2 unspecified atom stereocenters. The number of esters is 2. The Morgan fingerprint density at radius 3 is 2.31 bits per heavy atom. The Morgan fingerprint density at radius 1 is 1.08 bits per heavy atom. The van der Waals surface area contributed by atoms with E-state index in [0.29, 0.717) is 12.0 Å². The fourth-order valence-corrected chi connectivity index (χ4v) is 3.64. The molecule has 2 atom stereocenters. The maximum absolute atomic E-state index is 12.4.